The highest BCUT2D eigenvalue weighted by Crippen LogP contribution is 2.57. The Kier molecular flexibility index (Phi) is 8.91. The lowest BCUT2D eigenvalue weighted by atomic mass is 10.1. The molecule has 2 unspecified atom stereocenters. The standard InChI is InChI=1S/C19H23FN10O7P2S2/c20-11-9(4-34-38)36-17(30-7-25-12-15(30)27-18(21)28-16(12)31)13(11)37-39(33,41)35-5-10-26-8-3-22-6-24-14(8)29(10)2-1-23-19(32)40/h3,6-7,9,11,13,17H,1-2,4-5,38H2,(H,33,41)(H2,23,32,40)(H3,21,27,28,31)/t9-,11-,13-,17-,39?/m1/s1. The van der Waals surface area contributed by atoms with Gasteiger partial charge in [0, 0.05) is 22.6 Å². The highest BCUT2D eigenvalue weighted by atomic mass is 32.7. The van der Waals surface area contributed by atoms with Crippen LogP contribution in [0.1, 0.15) is 12.1 Å². The lowest BCUT2D eigenvalue weighted by molar-refractivity contribution is -0.0415. The smallest absolute Gasteiger partial charge is 0.369 e. The number of amides is 1. The van der Waals surface area contributed by atoms with E-state index in [2.05, 4.69) is 60.1 Å². The molecule has 4 aromatic heterocycles. The molecule has 1 amide bonds. The van der Waals surface area contributed by atoms with Crippen LogP contribution in [0.25, 0.3) is 22.3 Å². The molecular formula is C19H23FN10O7P2S2. The zero-order valence-electron chi connectivity index (χ0n) is 20.7. The van der Waals surface area contributed by atoms with Crippen LogP contribution in [-0.2, 0) is 36.0 Å². The lowest BCUT2D eigenvalue weighted by Crippen LogP contribution is -2.31. The molecule has 41 heavy (non-hydrogen) atoms. The monoisotopic (exact) mass is 648 g/mol. The third kappa shape index (κ3) is 6.39. The van der Waals surface area contributed by atoms with E-state index in [1.54, 1.807) is 4.57 Å². The topological polar surface area (TPSA) is 216 Å². The maximum absolute atomic E-state index is 15.6. The first kappa shape index (κ1) is 29.8. The lowest BCUT2D eigenvalue weighted by Gasteiger charge is -2.24. The first-order valence-corrected chi connectivity index (χ1v) is 15.3. The number of carbonyl (C=O) groups is 1. The number of hydrogen-bond donors (Lipinski definition) is 5. The van der Waals surface area contributed by atoms with Crippen LogP contribution < -0.4 is 16.6 Å². The van der Waals surface area contributed by atoms with Crippen LogP contribution in [0, 0.1) is 0 Å². The molecule has 22 heteroatoms. The summed E-state index contributed by atoms with van der Waals surface area (Å²) in [7, 11) is 1.99. The van der Waals surface area contributed by atoms with Crippen LogP contribution in [0.5, 0.6) is 0 Å². The predicted molar refractivity (Wildman–Crippen MR) is 151 cm³/mol. The fourth-order valence-electron chi connectivity index (χ4n) is 4.26. The molecule has 0 radical (unpaired) electrons. The molecule has 5 heterocycles. The minimum atomic E-state index is -4.30. The van der Waals surface area contributed by atoms with Crippen molar-refractivity contribution in [2.24, 2.45) is 0 Å². The van der Waals surface area contributed by atoms with Crippen molar-refractivity contribution < 1.29 is 32.1 Å². The average molecular weight is 649 g/mol. The number of aromatic nitrogens is 8. The van der Waals surface area contributed by atoms with Gasteiger partial charge in [0.2, 0.25) is 5.95 Å². The van der Waals surface area contributed by atoms with Gasteiger partial charge in [0.1, 0.15) is 36.5 Å². The van der Waals surface area contributed by atoms with Crippen molar-refractivity contribution in [2.75, 3.05) is 18.9 Å². The number of ether oxygens (including phenoxy) is 1. The van der Waals surface area contributed by atoms with Crippen molar-refractivity contribution in [3.8, 4) is 0 Å². The van der Waals surface area contributed by atoms with Crippen molar-refractivity contribution in [1.82, 2.24) is 44.4 Å². The summed E-state index contributed by atoms with van der Waals surface area (Å²) in [5.41, 5.74) is 5.82. The van der Waals surface area contributed by atoms with Crippen LogP contribution in [0.4, 0.5) is 15.1 Å². The number of rotatable bonds is 11. The number of nitrogens with one attached hydrogen (secondary N) is 2. The molecule has 6 atom stereocenters. The van der Waals surface area contributed by atoms with E-state index < -0.39 is 42.2 Å². The highest BCUT2D eigenvalue weighted by Gasteiger charge is 2.50. The number of anilines is 1. The Morgan fingerprint density at radius 1 is 1.34 bits per heavy atom. The molecule has 220 valence electrons. The van der Waals surface area contributed by atoms with Crippen LogP contribution >= 0.6 is 41.1 Å². The zero-order chi connectivity index (χ0) is 29.3. The van der Waals surface area contributed by atoms with E-state index in [1.165, 1.54) is 23.4 Å². The van der Waals surface area contributed by atoms with Crippen molar-refractivity contribution in [3.63, 3.8) is 0 Å². The number of nitrogens with zero attached hydrogens (tertiary/aromatic N) is 7. The summed E-state index contributed by atoms with van der Waals surface area (Å²) >= 11 is 7.74. The Labute approximate surface area is 242 Å². The van der Waals surface area contributed by atoms with Crippen molar-refractivity contribution in [1.29, 1.82) is 0 Å². The molecule has 0 saturated carbocycles. The number of alkyl halides is 1. The zero-order valence-corrected chi connectivity index (χ0v) is 24.6. The number of hydrogen-bond acceptors (Lipinski definition) is 13. The first-order chi connectivity index (χ1) is 19.6. The molecule has 4 N–H and O–H groups in total. The largest absolute Gasteiger partial charge is 0.387 e. The van der Waals surface area contributed by atoms with E-state index in [0.717, 1.165) is 0 Å². The highest BCUT2D eigenvalue weighted by molar-refractivity contribution is 8.44. The minimum absolute atomic E-state index is 0.0115. The quantitative estimate of drug-likeness (QED) is 0.114. The van der Waals surface area contributed by atoms with Crippen LogP contribution in [0.15, 0.2) is 23.6 Å². The molecule has 1 fully saturated rings. The molecule has 17 nitrogen and oxygen atoms in total. The van der Waals surface area contributed by atoms with Gasteiger partial charge >= 0.3 is 6.80 Å². The molecule has 0 aromatic carbocycles. The maximum Gasteiger partial charge on any atom is 0.387 e. The molecule has 0 spiro atoms. The summed E-state index contributed by atoms with van der Waals surface area (Å²) in [5.74, 6) is 0.0580. The summed E-state index contributed by atoms with van der Waals surface area (Å²) in [5, 5.41) is 2.02. The van der Waals surface area contributed by atoms with E-state index in [1.807, 2.05) is 9.47 Å². The van der Waals surface area contributed by atoms with Gasteiger partial charge in [-0.05, 0) is 0 Å². The Morgan fingerprint density at radius 3 is 2.90 bits per heavy atom. The molecule has 1 saturated heterocycles. The van der Waals surface area contributed by atoms with Crippen LogP contribution in [0.2, 0.25) is 0 Å². The fourth-order valence-corrected chi connectivity index (χ4v) is 5.93. The summed E-state index contributed by atoms with van der Waals surface area (Å²) < 4.78 is 53.7. The SMILES string of the molecule is Nc1nc2c(ncn2[C@@H]2O[C@H](COP)[C@@H](F)[C@H]2OP(=O)(S)OCc2nc3cncnc3n2CCNC(=O)S)c(=O)[nH]1. The molecule has 1 aliphatic heterocycles. The van der Waals surface area contributed by atoms with E-state index >= 15 is 4.39 Å². The average Bonchev–Trinajstić information content (AvgIpc) is 3.58. The fraction of sp³-hybridized carbons (Fsp3) is 0.421. The Hall–Kier alpha value is -2.70. The molecule has 4 aromatic rings. The number of carbonyl (C=O) groups excluding carboxylic acids is 1. The van der Waals surface area contributed by atoms with Gasteiger partial charge in [-0.2, -0.15) is 4.98 Å². The number of fused-ring (bicyclic) bond motifs is 2. The second kappa shape index (κ2) is 12.3. The summed E-state index contributed by atoms with van der Waals surface area (Å²) in [6.07, 6.45) is -1.90. The van der Waals surface area contributed by atoms with E-state index in [4.69, 9.17) is 24.0 Å². The number of halogens is 1. The van der Waals surface area contributed by atoms with Crippen molar-refractivity contribution >= 4 is 74.7 Å². The van der Waals surface area contributed by atoms with Crippen LogP contribution in [0.3, 0.4) is 0 Å². The van der Waals surface area contributed by atoms with Gasteiger partial charge in [-0.1, -0.05) is 24.9 Å². The van der Waals surface area contributed by atoms with Gasteiger partial charge in [0.25, 0.3) is 10.8 Å². The Morgan fingerprint density at radius 2 is 2.15 bits per heavy atom. The molecule has 1 aliphatic rings. The van der Waals surface area contributed by atoms with Gasteiger partial charge in [-0.25, -0.2) is 28.9 Å². The molecular weight excluding hydrogens is 625 g/mol. The third-order valence-corrected chi connectivity index (χ3v) is 7.91. The second-order valence-electron chi connectivity index (χ2n) is 8.57. The predicted octanol–water partition coefficient (Wildman–Crippen LogP) is 1.16. The summed E-state index contributed by atoms with van der Waals surface area (Å²) in [6, 6.07) is 0. The van der Waals surface area contributed by atoms with Gasteiger partial charge in [0.05, 0.1) is 19.1 Å². The molecule has 5 rings (SSSR count). The Bertz CT molecular complexity index is 1690. The normalized spacial score (nSPS) is 22.3. The number of nitrogen functional groups attached to an aromatic ring is 1. The minimum Gasteiger partial charge on any atom is -0.369 e. The van der Waals surface area contributed by atoms with Crippen LogP contribution in [-0.4, -0.2) is 75.8 Å². The van der Waals surface area contributed by atoms with Gasteiger partial charge < -0.3 is 24.9 Å². The van der Waals surface area contributed by atoms with Gasteiger partial charge in [-0.15, -0.1) is 0 Å². The number of thiol groups is 2. The Balaban J connectivity index is 1.39. The van der Waals surface area contributed by atoms with Gasteiger partial charge in [0.15, 0.2) is 29.2 Å². The summed E-state index contributed by atoms with van der Waals surface area (Å²) in [6.45, 7) is -4.48. The van der Waals surface area contributed by atoms with E-state index in [0.29, 0.717) is 11.2 Å². The van der Waals surface area contributed by atoms with E-state index in [-0.39, 0.29) is 49.2 Å². The number of nitrogens with two attached hydrogens (primary N) is 1. The number of imidazole rings is 2. The van der Waals surface area contributed by atoms with Gasteiger partial charge in [-0.3, -0.25) is 28.2 Å². The van der Waals surface area contributed by atoms with Crippen molar-refractivity contribution in [2.45, 2.75) is 37.8 Å². The first-order valence-electron chi connectivity index (χ1n) is 11.7. The molecule has 0 bridgehead atoms. The number of H-pyrrole nitrogens is 1. The van der Waals surface area contributed by atoms with E-state index in [9.17, 15) is 14.2 Å². The van der Waals surface area contributed by atoms with Crippen molar-refractivity contribution in [3.05, 3.63) is 35.0 Å². The molecule has 0 aliphatic carbocycles. The summed E-state index contributed by atoms with van der Waals surface area (Å²) in [4.78, 5) is 46.3. The second-order valence-corrected chi connectivity index (χ2v) is 12.2. The third-order valence-electron chi connectivity index (χ3n) is 5.96. The maximum atomic E-state index is 15.6. The number of aromatic amines is 1.